The van der Waals surface area contributed by atoms with Gasteiger partial charge in [0.15, 0.2) is 0 Å². The fraction of sp³-hybridized carbons (Fsp3) is 1.00. The van der Waals surface area contributed by atoms with Crippen LogP contribution in [0.15, 0.2) is 0 Å². The summed E-state index contributed by atoms with van der Waals surface area (Å²) < 4.78 is 0. The van der Waals surface area contributed by atoms with E-state index < -0.39 is 6.17 Å². The lowest BCUT2D eigenvalue weighted by atomic mass is 10.1. The average molecular weight is 132 g/mol. The number of rotatable bonds is 4. The summed E-state index contributed by atoms with van der Waals surface area (Å²) in [6.45, 7) is 0.653. The van der Waals surface area contributed by atoms with Crippen LogP contribution in [0.5, 0.6) is 0 Å². The summed E-state index contributed by atoms with van der Waals surface area (Å²) in [6, 6.07) is -0.103. The maximum atomic E-state index is 5.50. The normalized spacial score (nSPS) is 14.3. The predicted molar refractivity (Wildman–Crippen MR) is 38.4 cm³/mol. The minimum Gasteiger partial charge on any atom is -0.330 e. The molecule has 0 heterocycles. The number of nitrogens with two attached hydrogens (primary N) is 4. The number of hydrogen-bond acceptors (Lipinski definition) is 4. The van der Waals surface area contributed by atoms with Gasteiger partial charge >= 0.3 is 0 Å². The summed E-state index contributed by atoms with van der Waals surface area (Å²) in [5.41, 5.74) is 21.3. The summed E-state index contributed by atoms with van der Waals surface area (Å²) >= 11 is 0. The van der Waals surface area contributed by atoms with Crippen LogP contribution in [-0.4, -0.2) is 18.8 Å². The summed E-state index contributed by atoms with van der Waals surface area (Å²) in [5.74, 6) is 0. The first-order chi connectivity index (χ1) is 4.18. The van der Waals surface area contributed by atoms with Crippen LogP contribution in [0.25, 0.3) is 0 Å². The second-order valence-corrected chi connectivity index (χ2v) is 2.17. The van der Waals surface area contributed by atoms with Crippen molar-refractivity contribution in [3.8, 4) is 0 Å². The van der Waals surface area contributed by atoms with Crippen LogP contribution in [0.2, 0.25) is 0 Å². The van der Waals surface area contributed by atoms with Gasteiger partial charge in [0.2, 0.25) is 0 Å². The van der Waals surface area contributed by atoms with Gasteiger partial charge in [0.25, 0.3) is 0 Å². The lowest BCUT2D eigenvalue weighted by Gasteiger charge is -2.13. The van der Waals surface area contributed by atoms with Crippen LogP contribution in [0.4, 0.5) is 0 Å². The highest BCUT2D eigenvalue weighted by Crippen LogP contribution is 1.91. The van der Waals surface area contributed by atoms with Gasteiger partial charge in [-0.1, -0.05) is 0 Å². The second kappa shape index (κ2) is 4.69. The van der Waals surface area contributed by atoms with Crippen molar-refractivity contribution in [2.24, 2.45) is 22.9 Å². The Morgan fingerprint density at radius 2 is 1.67 bits per heavy atom. The Hall–Kier alpha value is -0.160. The molecule has 4 nitrogen and oxygen atoms in total. The van der Waals surface area contributed by atoms with Crippen LogP contribution in [0, 0.1) is 0 Å². The predicted octanol–water partition coefficient (Wildman–Crippen LogP) is -1.70. The molecule has 0 aliphatic heterocycles. The van der Waals surface area contributed by atoms with E-state index in [-0.39, 0.29) is 6.04 Å². The van der Waals surface area contributed by atoms with Crippen molar-refractivity contribution in [2.45, 2.75) is 25.0 Å². The third kappa shape index (κ3) is 4.35. The van der Waals surface area contributed by atoms with Crippen molar-refractivity contribution >= 4 is 0 Å². The van der Waals surface area contributed by atoms with E-state index in [1.54, 1.807) is 0 Å². The molecule has 0 amide bonds. The smallest absolute Gasteiger partial charge is 0.0677 e. The van der Waals surface area contributed by atoms with Gasteiger partial charge in [0, 0.05) is 6.04 Å². The minimum atomic E-state index is -0.406. The SMILES string of the molecule is NCCCC(N)C(N)N. The van der Waals surface area contributed by atoms with Gasteiger partial charge in [-0.2, -0.15) is 0 Å². The fourth-order valence-corrected chi connectivity index (χ4v) is 0.546. The molecule has 9 heavy (non-hydrogen) atoms. The van der Waals surface area contributed by atoms with Crippen LogP contribution >= 0.6 is 0 Å². The lowest BCUT2D eigenvalue weighted by molar-refractivity contribution is 0.495. The van der Waals surface area contributed by atoms with Crippen molar-refractivity contribution < 1.29 is 0 Å². The standard InChI is InChI=1S/C5H16N4/c6-3-1-2-4(7)5(8)9/h4-5H,1-3,6-9H2. The molecule has 8 N–H and O–H groups in total. The molecule has 0 aromatic heterocycles. The third-order valence-corrected chi connectivity index (χ3v) is 1.24. The zero-order valence-corrected chi connectivity index (χ0v) is 5.59. The minimum absolute atomic E-state index is 0.103. The first-order valence-corrected chi connectivity index (χ1v) is 3.15. The summed E-state index contributed by atoms with van der Waals surface area (Å²) in [4.78, 5) is 0. The first-order valence-electron chi connectivity index (χ1n) is 3.15. The zero-order chi connectivity index (χ0) is 7.28. The van der Waals surface area contributed by atoms with E-state index in [9.17, 15) is 0 Å². The second-order valence-electron chi connectivity index (χ2n) is 2.17. The molecule has 0 bridgehead atoms. The highest BCUT2D eigenvalue weighted by atomic mass is 14.9. The third-order valence-electron chi connectivity index (χ3n) is 1.24. The highest BCUT2D eigenvalue weighted by Gasteiger charge is 2.05. The van der Waals surface area contributed by atoms with E-state index in [1.807, 2.05) is 0 Å². The van der Waals surface area contributed by atoms with E-state index in [0.717, 1.165) is 12.8 Å². The van der Waals surface area contributed by atoms with Crippen LogP contribution in [0.1, 0.15) is 12.8 Å². The molecule has 0 aromatic rings. The maximum absolute atomic E-state index is 5.50. The first kappa shape index (κ1) is 8.84. The lowest BCUT2D eigenvalue weighted by Crippen LogP contribution is -2.48. The van der Waals surface area contributed by atoms with Gasteiger partial charge in [-0.3, -0.25) is 0 Å². The van der Waals surface area contributed by atoms with Gasteiger partial charge in [0.1, 0.15) is 0 Å². The molecule has 0 aliphatic carbocycles. The topological polar surface area (TPSA) is 104 Å². The van der Waals surface area contributed by atoms with E-state index in [0.29, 0.717) is 6.54 Å². The monoisotopic (exact) mass is 132 g/mol. The molecule has 0 saturated heterocycles. The fourth-order valence-electron chi connectivity index (χ4n) is 0.546. The van der Waals surface area contributed by atoms with Gasteiger partial charge in [-0.15, -0.1) is 0 Å². The van der Waals surface area contributed by atoms with Crippen LogP contribution in [-0.2, 0) is 0 Å². The van der Waals surface area contributed by atoms with Crippen molar-refractivity contribution in [1.82, 2.24) is 0 Å². The van der Waals surface area contributed by atoms with Gasteiger partial charge in [-0.05, 0) is 19.4 Å². The molecule has 4 heteroatoms. The summed E-state index contributed by atoms with van der Waals surface area (Å²) in [7, 11) is 0. The molecular weight excluding hydrogens is 116 g/mol. The van der Waals surface area contributed by atoms with E-state index in [2.05, 4.69) is 0 Å². The molecule has 0 spiro atoms. The van der Waals surface area contributed by atoms with Gasteiger partial charge < -0.3 is 22.9 Å². The molecule has 0 radical (unpaired) electrons. The quantitative estimate of drug-likeness (QED) is 0.342. The van der Waals surface area contributed by atoms with Crippen LogP contribution < -0.4 is 22.9 Å². The Balaban J connectivity index is 3.16. The zero-order valence-electron chi connectivity index (χ0n) is 5.59. The molecule has 0 saturated carbocycles. The van der Waals surface area contributed by atoms with Gasteiger partial charge in [0.05, 0.1) is 6.17 Å². The summed E-state index contributed by atoms with van der Waals surface area (Å²) in [6.07, 6.45) is 1.30. The Bertz CT molecular complexity index is 64.0. The molecule has 0 fully saturated rings. The van der Waals surface area contributed by atoms with Crippen molar-refractivity contribution in [3.05, 3.63) is 0 Å². The van der Waals surface area contributed by atoms with E-state index in [4.69, 9.17) is 22.9 Å². The summed E-state index contributed by atoms with van der Waals surface area (Å²) in [5, 5.41) is 0. The Morgan fingerprint density at radius 3 is 2.00 bits per heavy atom. The largest absolute Gasteiger partial charge is 0.330 e. The molecular formula is C5H16N4. The van der Waals surface area contributed by atoms with Gasteiger partial charge in [-0.25, -0.2) is 0 Å². The van der Waals surface area contributed by atoms with E-state index >= 15 is 0 Å². The Kier molecular flexibility index (Phi) is 4.61. The van der Waals surface area contributed by atoms with Crippen molar-refractivity contribution in [2.75, 3.05) is 6.54 Å². The van der Waals surface area contributed by atoms with Crippen molar-refractivity contribution in [1.29, 1.82) is 0 Å². The average Bonchev–Trinajstić information content (AvgIpc) is 1.82. The molecule has 0 rings (SSSR count). The highest BCUT2D eigenvalue weighted by molar-refractivity contribution is 4.69. The number of hydrogen-bond donors (Lipinski definition) is 4. The Labute approximate surface area is 55.6 Å². The molecule has 56 valence electrons. The molecule has 0 aliphatic rings. The Morgan fingerprint density at radius 1 is 1.11 bits per heavy atom. The maximum Gasteiger partial charge on any atom is 0.0677 e. The molecule has 1 unspecified atom stereocenters. The van der Waals surface area contributed by atoms with Crippen molar-refractivity contribution in [3.63, 3.8) is 0 Å². The van der Waals surface area contributed by atoms with Crippen LogP contribution in [0.3, 0.4) is 0 Å². The van der Waals surface area contributed by atoms with E-state index in [1.165, 1.54) is 0 Å². The molecule has 0 aromatic carbocycles. The molecule has 1 atom stereocenters.